The first-order valence-electron chi connectivity index (χ1n) is 4.69. The number of nitro benzene ring substituents is 1. The first-order chi connectivity index (χ1) is 8.31. The normalized spacial score (nSPS) is 11.3. The Morgan fingerprint density at radius 1 is 1.39 bits per heavy atom. The fourth-order valence-electron chi connectivity index (χ4n) is 1.20. The van der Waals surface area contributed by atoms with Crippen molar-refractivity contribution >= 4 is 23.1 Å². The van der Waals surface area contributed by atoms with Crippen molar-refractivity contribution < 1.29 is 22.5 Å². The molecule has 0 spiro atoms. The van der Waals surface area contributed by atoms with Crippen molar-refractivity contribution in [3.05, 3.63) is 34.1 Å². The third-order valence-electron chi connectivity index (χ3n) is 1.85. The topological polar surface area (TPSA) is 55.2 Å². The maximum Gasteiger partial charge on any atom is 0.441 e. The summed E-state index contributed by atoms with van der Waals surface area (Å²) in [5, 5.41) is 13.0. The molecule has 0 saturated carbocycles. The maximum absolute atomic E-state index is 13.1. The van der Waals surface area contributed by atoms with Gasteiger partial charge in [0.1, 0.15) is 5.69 Å². The molecule has 0 saturated heterocycles. The van der Waals surface area contributed by atoms with Gasteiger partial charge in [0.25, 0.3) is 0 Å². The lowest BCUT2D eigenvalue weighted by Crippen LogP contribution is -2.11. The first kappa shape index (κ1) is 14.6. The number of hydrogen-bond donors (Lipinski definition) is 1. The minimum Gasteiger partial charge on any atom is -0.379 e. The lowest BCUT2D eigenvalue weighted by molar-refractivity contribution is -0.386. The summed E-state index contributed by atoms with van der Waals surface area (Å²) in [5.41, 5.74) is -5.26. The fraction of sp³-hybridized carbons (Fsp3) is 0.333. The fourth-order valence-corrected chi connectivity index (χ4v) is 1.63. The molecule has 18 heavy (non-hydrogen) atoms. The Morgan fingerprint density at radius 3 is 2.61 bits per heavy atom. The predicted octanol–water partition coefficient (Wildman–Crippen LogP) is 3.40. The van der Waals surface area contributed by atoms with Crippen LogP contribution < -0.4 is 5.32 Å². The van der Waals surface area contributed by atoms with Crippen LogP contribution in [0.3, 0.4) is 0 Å². The molecule has 0 aliphatic carbocycles. The molecule has 1 N–H and O–H groups in total. The highest BCUT2D eigenvalue weighted by Gasteiger charge is 2.27. The molecule has 0 aromatic heterocycles. The van der Waals surface area contributed by atoms with Gasteiger partial charge in [0.15, 0.2) is 0 Å². The van der Waals surface area contributed by atoms with E-state index in [1.165, 1.54) is 12.1 Å². The van der Waals surface area contributed by atoms with E-state index in [0.29, 0.717) is 0 Å². The van der Waals surface area contributed by atoms with Crippen molar-refractivity contribution in [2.45, 2.75) is 5.51 Å². The molecule has 0 fully saturated rings. The highest BCUT2D eigenvalue weighted by molar-refractivity contribution is 8.00. The highest BCUT2D eigenvalue weighted by Crippen LogP contribution is 2.30. The molecule has 0 aliphatic rings. The monoisotopic (exact) mass is 284 g/mol. The number of para-hydroxylation sites is 1. The lowest BCUT2D eigenvalue weighted by atomic mass is 10.2. The number of benzene rings is 1. The molecule has 0 radical (unpaired) electrons. The van der Waals surface area contributed by atoms with Crippen molar-refractivity contribution in [3.63, 3.8) is 0 Å². The number of alkyl halides is 3. The Labute approximate surface area is 104 Å². The van der Waals surface area contributed by atoms with Crippen molar-refractivity contribution in [2.75, 3.05) is 17.6 Å². The first-order valence-corrected chi connectivity index (χ1v) is 5.67. The molecule has 9 heteroatoms. The van der Waals surface area contributed by atoms with E-state index in [-0.39, 0.29) is 29.7 Å². The number of halogens is 4. The van der Waals surface area contributed by atoms with E-state index in [2.05, 4.69) is 5.32 Å². The molecule has 1 aromatic rings. The second-order valence-corrected chi connectivity index (χ2v) is 4.27. The van der Waals surface area contributed by atoms with Crippen LogP contribution in [0.1, 0.15) is 0 Å². The SMILES string of the molecule is O=[N+]([O-])c1c(F)cccc1NCCSC(F)(F)F. The van der Waals surface area contributed by atoms with Gasteiger partial charge in [-0.2, -0.15) is 17.6 Å². The van der Waals surface area contributed by atoms with Crippen molar-refractivity contribution in [2.24, 2.45) is 0 Å². The second-order valence-electron chi connectivity index (χ2n) is 3.11. The van der Waals surface area contributed by atoms with E-state index >= 15 is 0 Å². The van der Waals surface area contributed by atoms with Gasteiger partial charge in [0.05, 0.1) is 4.92 Å². The van der Waals surface area contributed by atoms with Crippen LogP contribution in [0.4, 0.5) is 28.9 Å². The van der Waals surface area contributed by atoms with Crippen LogP contribution in [0.15, 0.2) is 18.2 Å². The molecule has 1 aromatic carbocycles. The summed E-state index contributed by atoms with van der Waals surface area (Å²) in [4.78, 5) is 9.65. The molecule has 100 valence electrons. The van der Waals surface area contributed by atoms with Gasteiger partial charge in [-0.15, -0.1) is 0 Å². The van der Waals surface area contributed by atoms with E-state index in [0.717, 1.165) is 6.07 Å². The van der Waals surface area contributed by atoms with Crippen LogP contribution >= 0.6 is 11.8 Å². The average Bonchev–Trinajstić information content (AvgIpc) is 2.22. The number of nitro groups is 1. The zero-order valence-corrected chi connectivity index (χ0v) is 9.65. The Balaban J connectivity index is 2.63. The minimum absolute atomic E-state index is 0.136. The summed E-state index contributed by atoms with van der Waals surface area (Å²) in [6.45, 7) is -0.158. The summed E-state index contributed by atoms with van der Waals surface area (Å²) in [5.74, 6) is -1.36. The number of nitrogens with one attached hydrogen (secondary N) is 1. The van der Waals surface area contributed by atoms with E-state index in [1.807, 2.05) is 0 Å². The van der Waals surface area contributed by atoms with Crippen LogP contribution in [-0.2, 0) is 0 Å². The van der Waals surface area contributed by atoms with Crippen LogP contribution in [0, 0.1) is 15.9 Å². The molecule has 0 bridgehead atoms. The van der Waals surface area contributed by atoms with Gasteiger partial charge in [-0.1, -0.05) is 6.07 Å². The Bertz CT molecular complexity index is 439. The number of thioether (sulfide) groups is 1. The van der Waals surface area contributed by atoms with Crippen LogP contribution in [0.5, 0.6) is 0 Å². The second kappa shape index (κ2) is 5.89. The molecule has 1 rings (SSSR count). The summed E-state index contributed by atoms with van der Waals surface area (Å²) in [6, 6.07) is 3.38. The third-order valence-corrected chi connectivity index (χ3v) is 2.59. The van der Waals surface area contributed by atoms with Crippen LogP contribution in [0.2, 0.25) is 0 Å². The van der Waals surface area contributed by atoms with Crippen LogP contribution in [0.25, 0.3) is 0 Å². The molecule has 0 unspecified atom stereocenters. The number of nitrogens with zero attached hydrogens (tertiary/aromatic N) is 1. The standard InChI is InChI=1S/C9H8F4N2O2S/c10-6-2-1-3-7(8(6)15(16)17)14-4-5-18-9(11,12)13/h1-3,14H,4-5H2. The molecular weight excluding hydrogens is 276 g/mol. The van der Waals surface area contributed by atoms with Gasteiger partial charge in [-0.25, -0.2) is 0 Å². The smallest absolute Gasteiger partial charge is 0.379 e. The lowest BCUT2D eigenvalue weighted by Gasteiger charge is -2.08. The average molecular weight is 284 g/mol. The molecule has 0 amide bonds. The van der Waals surface area contributed by atoms with Crippen molar-refractivity contribution in [1.82, 2.24) is 0 Å². The Kier molecular flexibility index (Phi) is 4.76. The van der Waals surface area contributed by atoms with E-state index in [1.54, 1.807) is 0 Å². The zero-order valence-electron chi connectivity index (χ0n) is 8.83. The van der Waals surface area contributed by atoms with Crippen molar-refractivity contribution in [3.8, 4) is 0 Å². The summed E-state index contributed by atoms with van der Waals surface area (Å²) in [6.07, 6.45) is 0. The summed E-state index contributed by atoms with van der Waals surface area (Å²) >= 11 is -0.255. The van der Waals surface area contributed by atoms with Gasteiger partial charge in [-0.05, 0) is 23.9 Å². The van der Waals surface area contributed by atoms with Gasteiger partial charge in [0.2, 0.25) is 5.82 Å². The molecular formula is C9H8F4N2O2S. The number of hydrogen-bond acceptors (Lipinski definition) is 4. The van der Waals surface area contributed by atoms with Gasteiger partial charge < -0.3 is 5.32 Å². The molecule has 0 atom stereocenters. The Hall–Kier alpha value is -1.51. The minimum atomic E-state index is -4.35. The van der Waals surface area contributed by atoms with Gasteiger partial charge in [-0.3, -0.25) is 10.1 Å². The zero-order chi connectivity index (χ0) is 13.8. The van der Waals surface area contributed by atoms with E-state index in [9.17, 15) is 27.7 Å². The quantitative estimate of drug-likeness (QED) is 0.390. The largest absolute Gasteiger partial charge is 0.441 e. The Morgan fingerprint density at radius 2 is 2.06 bits per heavy atom. The van der Waals surface area contributed by atoms with E-state index in [4.69, 9.17) is 0 Å². The number of rotatable bonds is 5. The molecule has 4 nitrogen and oxygen atoms in total. The van der Waals surface area contributed by atoms with Gasteiger partial charge >= 0.3 is 11.2 Å². The number of anilines is 1. The molecule has 0 aliphatic heterocycles. The predicted molar refractivity (Wildman–Crippen MR) is 60.1 cm³/mol. The summed E-state index contributed by atoms with van der Waals surface area (Å²) < 4.78 is 48.6. The molecule has 0 heterocycles. The third kappa shape index (κ3) is 4.40. The van der Waals surface area contributed by atoms with E-state index < -0.39 is 21.9 Å². The highest BCUT2D eigenvalue weighted by atomic mass is 32.2. The van der Waals surface area contributed by atoms with Gasteiger partial charge in [0, 0.05) is 12.3 Å². The maximum atomic E-state index is 13.1. The summed E-state index contributed by atoms with van der Waals surface area (Å²) in [7, 11) is 0. The van der Waals surface area contributed by atoms with Crippen molar-refractivity contribution in [1.29, 1.82) is 0 Å². The van der Waals surface area contributed by atoms with Crippen LogP contribution in [-0.4, -0.2) is 22.7 Å².